The molecule has 0 radical (unpaired) electrons. The van der Waals surface area contributed by atoms with Crippen LogP contribution in [0.25, 0.3) is 16.9 Å². The number of benzene rings is 1. The van der Waals surface area contributed by atoms with E-state index in [2.05, 4.69) is 35.9 Å². The molecule has 1 aliphatic heterocycles. The molecular formula is C26H22ClF3N10O. The fourth-order valence-electron chi connectivity index (χ4n) is 4.63. The summed E-state index contributed by atoms with van der Waals surface area (Å²) < 4.78 is 44.7. The van der Waals surface area contributed by atoms with Crippen LogP contribution in [0.2, 0.25) is 5.02 Å². The van der Waals surface area contributed by atoms with Crippen LogP contribution in [-0.4, -0.2) is 71.3 Å². The van der Waals surface area contributed by atoms with E-state index in [-0.39, 0.29) is 40.2 Å². The minimum atomic E-state index is -4.71. The molecule has 5 heterocycles. The van der Waals surface area contributed by atoms with Crippen molar-refractivity contribution in [2.24, 2.45) is 0 Å². The summed E-state index contributed by atoms with van der Waals surface area (Å²) >= 11 is 6.46. The Kier molecular flexibility index (Phi) is 7.01. The van der Waals surface area contributed by atoms with Gasteiger partial charge in [0, 0.05) is 56.7 Å². The van der Waals surface area contributed by atoms with Gasteiger partial charge < -0.3 is 15.5 Å². The highest BCUT2D eigenvalue weighted by molar-refractivity contribution is 6.34. The van der Waals surface area contributed by atoms with Crippen molar-refractivity contribution < 1.29 is 18.0 Å². The fourth-order valence-corrected chi connectivity index (χ4v) is 4.89. The number of nitrogens with zero attached hydrogens (tertiary/aromatic N) is 8. The maximum atomic E-state index is 14.0. The molecule has 1 fully saturated rings. The van der Waals surface area contributed by atoms with E-state index in [1.54, 1.807) is 35.2 Å². The first-order valence-corrected chi connectivity index (χ1v) is 13.0. The van der Waals surface area contributed by atoms with E-state index < -0.39 is 11.9 Å². The predicted octanol–water partition coefficient (Wildman–Crippen LogP) is 3.89. The standard InChI is InChI=1S/C26H22ClF3N10O/c27-20-12-16(3-4-18(20)25(41)38-9-6-31-7-10-38)35-23-24-33-13-21(40(24)11-8-32-23)19-15-39(37-22(19)26(28,29)30)14-17-2-1-5-34-36-17/h1-5,8,11-13,15,31H,6-7,9-10,14H2,(H,32,35). The van der Waals surface area contributed by atoms with E-state index in [1.807, 2.05) is 0 Å². The third-order valence-corrected chi connectivity index (χ3v) is 6.86. The van der Waals surface area contributed by atoms with Crippen LogP contribution in [0.3, 0.4) is 0 Å². The van der Waals surface area contributed by atoms with Crippen LogP contribution in [-0.2, 0) is 12.7 Å². The minimum Gasteiger partial charge on any atom is -0.337 e. The van der Waals surface area contributed by atoms with Crippen LogP contribution < -0.4 is 10.6 Å². The number of aromatic nitrogens is 7. The van der Waals surface area contributed by atoms with E-state index in [1.165, 1.54) is 40.1 Å². The number of halogens is 4. The van der Waals surface area contributed by atoms with Gasteiger partial charge in [-0.1, -0.05) is 11.6 Å². The molecule has 0 spiro atoms. The van der Waals surface area contributed by atoms with Crippen LogP contribution in [0, 0.1) is 0 Å². The molecule has 1 amide bonds. The molecule has 6 rings (SSSR count). The highest BCUT2D eigenvalue weighted by Gasteiger charge is 2.38. The maximum Gasteiger partial charge on any atom is 0.435 e. The monoisotopic (exact) mass is 582 g/mol. The Morgan fingerprint density at radius 1 is 1.12 bits per heavy atom. The van der Waals surface area contributed by atoms with Gasteiger partial charge in [-0.25, -0.2) is 9.97 Å². The molecule has 11 nitrogen and oxygen atoms in total. The van der Waals surface area contributed by atoms with Crippen molar-refractivity contribution in [2.45, 2.75) is 12.7 Å². The molecule has 1 aromatic carbocycles. The summed E-state index contributed by atoms with van der Waals surface area (Å²) in [6, 6.07) is 8.22. The van der Waals surface area contributed by atoms with Crippen LogP contribution in [0.15, 0.2) is 61.3 Å². The number of amides is 1. The summed E-state index contributed by atoms with van der Waals surface area (Å²) in [5.74, 6) is 0.137. The Morgan fingerprint density at radius 3 is 2.68 bits per heavy atom. The fraction of sp³-hybridized carbons (Fsp3) is 0.231. The lowest BCUT2D eigenvalue weighted by Crippen LogP contribution is -2.46. The Labute approximate surface area is 236 Å². The van der Waals surface area contributed by atoms with Gasteiger partial charge in [-0.05, 0) is 30.3 Å². The normalized spacial score (nSPS) is 14.0. The third-order valence-electron chi connectivity index (χ3n) is 6.55. The number of hydrogen-bond donors (Lipinski definition) is 2. The number of anilines is 2. The molecule has 0 atom stereocenters. The van der Waals surface area contributed by atoms with Gasteiger partial charge in [-0.2, -0.15) is 28.5 Å². The van der Waals surface area contributed by atoms with E-state index in [9.17, 15) is 18.0 Å². The lowest BCUT2D eigenvalue weighted by molar-refractivity contribution is -0.141. The van der Waals surface area contributed by atoms with Crippen LogP contribution >= 0.6 is 11.6 Å². The second-order valence-corrected chi connectivity index (χ2v) is 9.68. The first kappa shape index (κ1) is 26.7. The number of piperazine rings is 1. The summed E-state index contributed by atoms with van der Waals surface area (Å²) in [5, 5.41) is 18.1. The Morgan fingerprint density at radius 2 is 1.95 bits per heavy atom. The maximum absolute atomic E-state index is 14.0. The first-order valence-electron chi connectivity index (χ1n) is 12.6. The summed E-state index contributed by atoms with van der Waals surface area (Å²) in [6.07, 6.45) is 2.38. The Bertz CT molecular complexity index is 1710. The van der Waals surface area contributed by atoms with Crippen molar-refractivity contribution in [1.82, 2.24) is 44.6 Å². The van der Waals surface area contributed by atoms with Gasteiger partial charge in [-0.3, -0.25) is 13.9 Å². The van der Waals surface area contributed by atoms with Crippen molar-refractivity contribution in [3.8, 4) is 11.3 Å². The molecule has 5 aromatic rings. The quantitative estimate of drug-likeness (QED) is 0.310. The zero-order chi connectivity index (χ0) is 28.6. The first-order chi connectivity index (χ1) is 19.8. The van der Waals surface area contributed by atoms with Gasteiger partial charge in [0.05, 0.1) is 40.3 Å². The van der Waals surface area contributed by atoms with Crippen LogP contribution in [0.5, 0.6) is 0 Å². The summed E-state index contributed by atoms with van der Waals surface area (Å²) in [6.45, 7) is 2.64. The molecule has 15 heteroatoms. The Hall–Kier alpha value is -4.56. The molecule has 2 N–H and O–H groups in total. The van der Waals surface area contributed by atoms with Crippen molar-refractivity contribution in [1.29, 1.82) is 0 Å². The molecule has 0 unspecified atom stereocenters. The van der Waals surface area contributed by atoms with Gasteiger partial charge in [0.25, 0.3) is 5.91 Å². The van der Waals surface area contributed by atoms with Crippen molar-refractivity contribution in [3.05, 3.63) is 83.3 Å². The number of fused-ring (bicyclic) bond motifs is 1. The average Bonchev–Trinajstić information content (AvgIpc) is 3.59. The molecule has 1 saturated heterocycles. The number of rotatable bonds is 6. The summed E-state index contributed by atoms with van der Waals surface area (Å²) in [4.78, 5) is 23.3. The number of imidazole rings is 1. The number of nitrogens with one attached hydrogen (secondary N) is 2. The second-order valence-electron chi connectivity index (χ2n) is 9.28. The van der Waals surface area contributed by atoms with Crippen molar-refractivity contribution >= 4 is 34.7 Å². The van der Waals surface area contributed by atoms with Gasteiger partial charge in [-0.15, -0.1) is 0 Å². The smallest absolute Gasteiger partial charge is 0.337 e. The lowest BCUT2D eigenvalue weighted by Gasteiger charge is -2.27. The molecule has 1 aliphatic rings. The van der Waals surface area contributed by atoms with Gasteiger partial charge in [0.1, 0.15) is 0 Å². The van der Waals surface area contributed by atoms with E-state index >= 15 is 0 Å². The van der Waals surface area contributed by atoms with Crippen LogP contribution in [0.1, 0.15) is 21.7 Å². The largest absolute Gasteiger partial charge is 0.435 e. The Balaban J connectivity index is 1.30. The lowest BCUT2D eigenvalue weighted by atomic mass is 10.1. The van der Waals surface area contributed by atoms with E-state index in [0.29, 0.717) is 30.0 Å². The zero-order valence-electron chi connectivity index (χ0n) is 21.3. The third kappa shape index (κ3) is 5.43. The van der Waals surface area contributed by atoms with Crippen LogP contribution in [0.4, 0.5) is 24.7 Å². The molecule has 0 aliphatic carbocycles. The molecule has 0 bridgehead atoms. The molecular weight excluding hydrogens is 561 g/mol. The van der Waals surface area contributed by atoms with Gasteiger partial charge in [0.2, 0.25) is 0 Å². The van der Waals surface area contributed by atoms with Crippen molar-refractivity contribution in [3.63, 3.8) is 0 Å². The van der Waals surface area contributed by atoms with E-state index in [4.69, 9.17) is 11.6 Å². The molecule has 41 heavy (non-hydrogen) atoms. The van der Waals surface area contributed by atoms with Gasteiger partial charge in [0.15, 0.2) is 17.2 Å². The highest BCUT2D eigenvalue weighted by Crippen LogP contribution is 2.37. The SMILES string of the molecule is O=C(c1ccc(Nc2nccn3c(-c4cn(Cc5cccnn5)nc4C(F)(F)F)cnc23)cc1Cl)N1CCNCC1. The number of alkyl halides is 3. The highest BCUT2D eigenvalue weighted by atomic mass is 35.5. The summed E-state index contributed by atoms with van der Waals surface area (Å²) in [7, 11) is 0. The summed E-state index contributed by atoms with van der Waals surface area (Å²) in [5.41, 5.74) is 0.642. The molecule has 210 valence electrons. The molecule has 4 aromatic heterocycles. The second kappa shape index (κ2) is 10.8. The number of hydrogen-bond acceptors (Lipinski definition) is 8. The average molecular weight is 583 g/mol. The van der Waals surface area contributed by atoms with Crippen molar-refractivity contribution in [2.75, 3.05) is 31.5 Å². The number of carbonyl (C=O) groups excluding carboxylic acids is 1. The molecule has 0 saturated carbocycles. The van der Waals surface area contributed by atoms with Gasteiger partial charge >= 0.3 is 6.18 Å². The van der Waals surface area contributed by atoms with E-state index in [0.717, 1.165) is 13.1 Å². The topological polar surface area (TPSA) is 118 Å². The minimum absolute atomic E-state index is 0.00985. The number of carbonyl (C=O) groups is 1. The predicted molar refractivity (Wildman–Crippen MR) is 144 cm³/mol. The zero-order valence-corrected chi connectivity index (χ0v) is 22.1.